The number of amides is 3. The lowest BCUT2D eigenvalue weighted by atomic mass is 10.1. The summed E-state index contributed by atoms with van der Waals surface area (Å²) in [6.45, 7) is 2.34. The molecule has 242 valence electrons. The van der Waals surface area contributed by atoms with Crippen LogP contribution in [-0.2, 0) is 9.59 Å². The molecule has 1 unspecified atom stereocenters. The zero-order valence-electron chi connectivity index (χ0n) is 25.8. The summed E-state index contributed by atoms with van der Waals surface area (Å²) in [5.74, 6) is -0.733. The number of benzene rings is 5. The Balaban J connectivity index is 1.40. The fourth-order valence-corrected chi connectivity index (χ4v) is 6.26. The Morgan fingerprint density at radius 1 is 0.771 bits per heavy atom. The highest BCUT2D eigenvalue weighted by Crippen LogP contribution is 2.38. The Kier molecular flexibility index (Phi) is 11.9. The van der Waals surface area contributed by atoms with Crippen LogP contribution in [0, 0.1) is 0 Å². The van der Waals surface area contributed by atoms with E-state index >= 15 is 0 Å². The molecule has 0 aliphatic carbocycles. The van der Waals surface area contributed by atoms with E-state index in [0.717, 1.165) is 10.5 Å². The van der Waals surface area contributed by atoms with Gasteiger partial charge in [-0.3, -0.25) is 14.4 Å². The van der Waals surface area contributed by atoms with Crippen LogP contribution >= 0.6 is 35.0 Å². The highest BCUT2D eigenvalue weighted by molar-refractivity contribution is 8.00. The largest absolute Gasteiger partial charge is 0.492 e. The molecule has 0 heterocycles. The Morgan fingerprint density at radius 3 is 2.12 bits per heavy atom. The lowest BCUT2D eigenvalue weighted by Gasteiger charge is -2.19. The Morgan fingerprint density at radius 2 is 1.42 bits per heavy atom. The second kappa shape index (κ2) is 16.7. The number of halogens is 2. The molecule has 0 spiro atoms. The molecule has 5 aromatic rings. The Labute approximate surface area is 293 Å². The van der Waals surface area contributed by atoms with Crippen molar-refractivity contribution in [3.05, 3.63) is 160 Å². The lowest BCUT2D eigenvalue weighted by Crippen LogP contribution is -2.30. The van der Waals surface area contributed by atoms with Crippen LogP contribution < -0.4 is 20.7 Å². The molecule has 0 bridgehead atoms. The van der Waals surface area contributed by atoms with E-state index < -0.39 is 17.1 Å². The van der Waals surface area contributed by atoms with Gasteiger partial charge in [0.05, 0.1) is 12.3 Å². The molecule has 48 heavy (non-hydrogen) atoms. The average molecular weight is 697 g/mol. The maximum absolute atomic E-state index is 13.7. The second-order valence-electron chi connectivity index (χ2n) is 10.3. The van der Waals surface area contributed by atoms with Crippen molar-refractivity contribution >= 4 is 70.1 Å². The predicted octanol–water partition coefficient (Wildman–Crippen LogP) is 9.27. The Bertz CT molecular complexity index is 1920. The van der Waals surface area contributed by atoms with Gasteiger partial charge in [0.1, 0.15) is 16.7 Å². The molecule has 0 saturated carbocycles. The molecule has 0 aliphatic rings. The minimum absolute atomic E-state index is 0.0635. The molecule has 1 atom stereocenters. The van der Waals surface area contributed by atoms with Gasteiger partial charge in [-0.1, -0.05) is 96.0 Å². The zero-order valence-corrected chi connectivity index (χ0v) is 28.1. The second-order valence-corrected chi connectivity index (χ2v) is 12.3. The van der Waals surface area contributed by atoms with E-state index in [1.807, 2.05) is 55.5 Å². The smallest absolute Gasteiger partial charge is 0.272 e. The first kappa shape index (κ1) is 34.3. The standard InChI is InChI=1S/C38H31Cl2N3O4S/c1-2-47-34-22-10-9-21-32(34)42-38(46)35(25-13-5-3-6-14-25)48-28-18-11-17-27(23-28)41-37(45)33(24-29-30(39)19-12-20-31(29)40)43-36(44)26-15-7-4-8-16-26/h3-24,35H,2H2,1H3,(H,41,45)(H,42,46)(H,43,44)/b33-24+. The van der Waals surface area contributed by atoms with Gasteiger partial charge in [0.25, 0.3) is 11.8 Å². The number of ether oxygens (including phenoxy) is 1. The normalized spacial score (nSPS) is 11.7. The molecule has 5 rings (SSSR count). The molecule has 3 amide bonds. The molecule has 7 nitrogen and oxygen atoms in total. The van der Waals surface area contributed by atoms with Gasteiger partial charge in [0, 0.05) is 31.8 Å². The van der Waals surface area contributed by atoms with Gasteiger partial charge in [0.2, 0.25) is 5.91 Å². The summed E-state index contributed by atoms with van der Waals surface area (Å²) in [7, 11) is 0. The van der Waals surface area contributed by atoms with E-state index in [2.05, 4.69) is 16.0 Å². The third-order valence-electron chi connectivity index (χ3n) is 6.95. The van der Waals surface area contributed by atoms with Crippen molar-refractivity contribution in [1.82, 2.24) is 5.32 Å². The van der Waals surface area contributed by atoms with Crippen LogP contribution in [0.25, 0.3) is 6.08 Å². The number of anilines is 2. The van der Waals surface area contributed by atoms with Gasteiger partial charge >= 0.3 is 0 Å². The number of carbonyl (C=O) groups is 3. The SMILES string of the molecule is CCOc1ccccc1NC(=O)C(Sc1cccc(NC(=O)/C(=C\c2c(Cl)cccc2Cl)NC(=O)c2ccccc2)c1)c1ccccc1. The number of thioether (sulfide) groups is 1. The average Bonchev–Trinajstić information content (AvgIpc) is 3.10. The number of hydrogen-bond acceptors (Lipinski definition) is 5. The van der Waals surface area contributed by atoms with Crippen LogP contribution in [0.1, 0.15) is 33.7 Å². The summed E-state index contributed by atoms with van der Waals surface area (Å²) in [6, 6.07) is 37.3. The predicted molar refractivity (Wildman–Crippen MR) is 195 cm³/mol. The van der Waals surface area contributed by atoms with Crippen LogP contribution in [0.5, 0.6) is 5.75 Å². The molecule has 0 radical (unpaired) electrons. The highest BCUT2D eigenvalue weighted by Gasteiger charge is 2.24. The molecular weight excluding hydrogens is 665 g/mol. The van der Waals surface area contributed by atoms with Gasteiger partial charge < -0.3 is 20.7 Å². The molecular formula is C38H31Cl2N3O4S. The first-order chi connectivity index (χ1) is 23.3. The first-order valence-electron chi connectivity index (χ1n) is 15.0. The fraction of sp³-hybridized carbons (Fsp3) is 0.0789. The lowest BCUT2D eigenvalue weighted by molar-refractivity contribution is -0.116. The topological polar surface area (TPSA) is 96.5 Å². The van der Waals surface area contributed by atoms with Gasteiger partial charge in [0.15, 0.2) is 0 Å². The van der Waals surface area contributed by atoms with Crippen molar-refractivity contribution in [3.63, 3.8) is 0 Å². The molecule has 0 aliphatic heterocycles. The number of carbonyl (C=O) groups excluding carboxylic acids is 3. The number of hydrogen-bond donors (Lipinski definition) is 3. The van der Waals surface area contributed by atoms with Gasteiger partial charge in [-0.2, -0.15) is 0 Å². The molecule has 3 N–H and O–H groups in total. The summed E-state index contributed by atoms with van der Waals surface area (Å²) >= 11 is 14.1. The van der Waals surface area contributed by atoms with Gasteiger partial charge in [-0.05, 0) is 73.2 Å². The monoisotopic (exact) mass is 695 g/mol. The van der Waals surface area contributed by atoms with Gasteiger partial charge in [-0.15, -0.1) is 11.8 Å². The molecule has 10 heteroatoms. The third kappa shape index (κ3) is 9.07. The summed E-state index contributed by atoms with van der Waals surface area (Å²) in [5.41, 5.74) is 2.51. The van der Waals surface area contributed by atoms with Crippen LogP contribution in [0.4, 0.5) is 11.4 Å². The van der Waals surface area contributed by atoms with Gasteiger partial charge in [-0.25, -0.2) is 0 Å². The zero-order chi connectivity index (χ0) is 33.9. The fourth-order valence-electron chi connectivity index (χ4n) is 4.67. The van der Waals surface area contributed by atoms with E-state index in [1.54, 1.807) is 78.9 Å². The van der Waals surface area contributed by atoms with Crippen LogP contribution in [0.2, 0.25) is 10.0 Å². The first-order valence-corrected chi connectivity index (χ1v) is 16.6. The van der Waals surface area contributed by atoms with E-state index in [0.29, 0.717) is 44.9 Å². The molecule has 0 saturated heterocycles. The van der Waals surface area contributed by atoms with E-state index in [4.69, 9.17) is 27.9 Å². The Hall–Kier alpha value is -5.02. The summed E-state index contributed by atoms with van der Waals surface area (Å²) in [6.07, 6.45) is 1.44. The van der Waals surface area contributed by atoms with E-state index in [-0.39, 0.29) is 11.6 Å². The van der Waals surface area contributed by atoms with Crippen LogP contribution in [0.3, 0.4) is 0 Å². The minimum atomic E-state index is -0.630. The van der Waals surface area contributed by atoms with Crippen molar-refractivity contribution < 1.29 is 19.1 Å². The summed E-state index contributed by atoms with van der Waals surface area (Å²) in [5, 5.41) is 8.58. The van der Waals surface area contributed by atoms with E-state index in [9.17, 15) is 14.4 Å². The van der Waals surface area contributed by atoms with Crippen LogP contribution in [-0.4, -0.2) is 24.3 Å². The maximum atomic E-state index is 13.7. The van der Waals surface area contributed by atoms with Crippen LogP contribution in [0.15, 0.2) is 138 Å². The van der Waals surface area contributed by atoms with Crippen molar-refractivity contribution in [2.24, 2.45) is 0 Å². The maximum Gasteiger partial charge on any atom is 0.272 e. The molecule has 5 aromatic carbocycles. The minimum Gasteiger partial charge on any atom is -0.492 e. The van der Waals surface area contributed by atoms with Crippen molar-refractivity contribution in [2.45, 2.75) is 17.1 Å². The number of rotatable bonds is 12. The van der Waals surface area contributed by atoms with Crippen molar-refractivity contribution in [1.29, 1.82) is 0 Å². The molecule has 0 aromatic heterocycles. The third-order valence-corrected chi connectivity index (χ3v) is 8.86. The number of nitrogens with one attached hydrogen (secondary N) is 3. The molecule has 0 fully saturated rings. The van der Waals surface area contributed by atoms with Crippen molar-refractivity contribution in [2.75, 3.05) is 17.2 Å². The van der Waals surface area contributed by atoms with Crippen molar-refractivity contribution in [3.8, 4) is 5.75 Å². The summed E-state index contributed by atoms with van der Waals surface area (Å²) in [4.78, 5) is 41.3. The summed E-state index contributed by atoms with van der Waals surface area (Å²) < 4.78 is 5.71. The highest BCUT2D eigenvalue weighted by atomic mass is 35.5. The number of para-hydroxylation sites is 2. The quantitative estimate of drug-likeness (QED) is 0.0893. The van der Waals surface area contributed by atoms with E-state index in [1.165, 1.54) is 17.8 Å².